The van der Waals surface area contributed by atoms with Crippen LogP contribution in [-0.4, -0.2) is 45.8 Å². The summed E-state index contributed by atoms with van der Waals surface area (Å²) >= 11 is 0. The third kappa shape index (κ3) is 2.64. The zero-order valence-corrected chi connectivity index (χ0v) is 12.5. The summed E-state index contributed by atoms with van der Waals surface area (Å²) in [6.07, 6.45) is 8.64. The summed E-state index contributed by atoms with van der Waals surface area (Å²) in [4.78, 5) is 11.1. The molecule has 0 spiro atoms. The van der Waals surface area contributed by atoms with Gasteiger partial charge in [0, 0.05) is 30.5 Å². The maximum atomic E-state index is 5.66. The number of ether oxygens (including phenoxy) is 1. The molecule has 2 fully saturated rings. The molecule has 1 aliphatic heterocycles. The Labute approximate surface area is 129 Å². The van der Waals surface area contributed by atoms with E-state index in [9.17, 15) is 0 Å². The van der Waals surface area contributed by atoms with Crippen molar-refractivity contribution in [2.45, 2.75) is 37.8 Å². The average molecular weight is 300 g/mol. The Hall–Kier alpha value is -1.79. The van der Waals surface area contributed by atoms with Gasteiger partial charge in [-0.15, -0.1) is 0 Å². The molecule has 1 saturated heterocycles. The van der Waals surface area contributed by atoms with Gasteiger partial charge in [-0.05, 0) is 25.0 Å². The standard InChI is InChI=1S/C16H20N4O2/c1-2-4-13(3-1)20-9-10-21-11-14(20)16-18-15(19-22-16)12-5-7-17-8-6-12/h5-8,13-14H,1-4,9-11H2. The van der Waals surface area contributed by atoms with Crippen molar-refractivity contribution in [2.24, 2.45) is 0 Å². The Bertz CT molecular complexity index is 610. The van der Waals surface area contributed by atoms with E-state index in [1.807, 2.05) is 12.1 Å². The molecule has 1 atom stereocenters. The molecular formula is C16H20N4O2. The highest BCUT2D eigenvalue weighted by molar-refractivity contribution is 5.52. The van der Waals surface area contributed by atoms with Crippen LogP contribution in [0, 0.1) is 0 Å². The van der Waals surface area contributed by atoms with Gasteiger partial charge in [0.2, 0.25) is 11.7 Å². The highest BCUT2D eigenvalue weighted by Gasteiger charge is 2.35. The summed E-state index contributed by atoms with van der Waals surface area (Å²) in [5.74, 6) is 1.28. The van der Waals surface area contributed by atoms with Crippen LogP contribution in [0.3, 0.4) is 0 Å². The first-order chi connectivity index (χ1) is 10.9. The monoisotopic (exact) mass is 300 g/mol. The second-order valence-corrected chi connectivity index (χ2v) is 5.96. The number of nitrogens with zero attached hydrogens (tertiary/aromatic N) is 4. The van der Waals surface area contributed by atoms with Crippen LogP contribution < -0.4 is 0 Å². The molecule has 2 aromatic heterocycles. The third-order valence-corrected chi connectivity index (χ3v) is 4.63. The number of rotatable bonds is 3. The Balaban J connectivity index is 1.58. The lowest BCUT2D eigenvalue weighted by Gasteiger charge is -2.37. The molecule has 1 unspecified atom stereocenters. The van der Waals surface area contributed by atoms with Crippen molar-refractivity contribution in [3.63, 3.8) is 0 Å². The molecule has 2 aliphatic rings. The van der Waals surface area contributed by atoms with Crippen LogP contribution in [0.2, 0.25) is 0 Å². The highest BCUT2D eigenvalue weighted by atomic mass is 16.5. The van der Waals surface area contributed by atoms with E-state index in [0.717, 1.165) is 18.7 Å². The summed E-state index contributed by atoms with van der Waals surface area (Å²) < 4.78 is 11.2. The lowest BCUT2D eigenvalue weighted by molar-refractivity contribution is -0.0397. The Morgan fingerprint density at radius 3 is 2.77 bits per heavy atom. The number of morpholine rings is 1. The molecule has 1 saturated carbocycles. The van der Waals surface area contributed by atoms with Crippen LogP contribution in [0.5, 0.6) is 0 Å². The van der Waals surface area contributed by atoms with Gasteiger partial charge in [-0.25, -0.2) is 0 Å². The van der Waals surface area contributed by atoms with E-state index in [1.165, 1.54) is 25.7 Å². The fourth-order valence-electron chi connectivity index (χ4n) is 3.49. The predicted octanol–water partition coefficient (Wildman–Crippen LogP) is 2.45. The predicted molar refractivity (Wildman–Crippen MR) is 80.1 cm³/mol. The number of aromatic nitrogens is 3. The van der Waals surface area contributed by atoms with Gasteiger partial charge < -0.3 is 9.26 Å². The topological polar surface area (TPSA) is 64.3 Å². The van der Waals surface area contributed by atoms with Crippen LogP contribution in [0.1, 0.15) is 37.6 Å². The molecule has 0 radical (unpaired) electrons. The molecule has 0 aromatic carbocycles. The van der Waals surface area contributed by atoms with Crippen molar-refractivity contribution < 1.29 is 9.26 Å². The number of hydrogen-bond acceptors (Lipinski definition) is 6. The zero-order valence-electron chi connectivity index (χ0n) is 12.5. The van der Waals surface area contributed by atoms with Gasteiger partial charge in [-0.2, -0.15) is 4.98 Å². The fourth-order valence-corrected chi connectivity index (χ4v) is 3.49. The summed E-state index contributed by atoms with van der Waals surface area (Å²) in [5, 5.41) is 4.13. The van der Waals surface area contributed by atoms with Crippen molar-refractivity contribution in [3.8, 4) is 11.4 Å². The van der Waals surface area contributed by atoms with Gasteiger partial charge in [0.25, 0.3) is 0 Å². The molecule has 0 amide bonds. The molecule has 4 rings (SSSR count). The number of hydrogen-bond donors (Lipinski definition) is 0. The third-order valence-electron chi connectivity index (χ3n) is 4.63. The van der Waals surface area contributed by atoms with Crippen LogP contribution in [0.15, 0.2) is 29.0 Å². The summed E-state index contributed by atoms with van der Waals surface area (Å²) in [7, 11) is 0. The maximum absolute atomic E-state index is 5.66. The van der Waals surface area contributed by atoms with Crippen LogP contribution in [0.4, 0.5) is 0 Å². The Morgan fingerprint density at radius 1 is 1.14 bits per heavy atom. The first-order valence-electron chi connectivity index (χ1n) is 7.99. The summed E-state index contributed by atoms with van der Waals surface area (Å²) in [6.45, 7) is 2.37. The molecule has 116 valence electrons. The Kier molecular flexibility index (Phi) is 3.86. The molecule has 2 aromatic rings. The average Bonchev–Trinajstić information content (AvgIpc) is 3.28. The van der Waals surface area contributed by atoms with Crippen LogP contribution >= 0.6 is 0 Å². The fraction of sp³-hybridized carbons (Fsp3) is 0.562. The second kappa shape index (κ2) is 6.14. The van der Waals surface area contributed by atoms with E-state index in [4.69, 9.17) is 9.26 Å². The van der Waals surface area contributed by atoms with Crippen molar-refractivity contribution in [2.75, 3.05) is 19.8 Å². The molecule has 22 heavy (non-hydrogen) atoms. The molecule has 6 nitrogen and oxygen atoms in total. The van der Waals surface area contributed by atoms with E-state index >= 15 is 0 Å². The maximum Gasteiger partial charge on any atom is 0.246 e. The minimum atomic E-state index is 0.0833. The van der Waals surface area contributed by atoms with Gasteiger partial charge >= 0.3 is 0 Å². The summed E-state index contributed by atoms with van der Waals surface area (Å²) in [5.41, 5.74) is 0.925. The van der Waals surface area contributed by atoms with Crippen LogP contribution in [-0.2, 0) is 4.74 Å². The lowest BCUT2D eigenvalue weighted by atomic mass is 10.1. The summed E-state index contributed by atoms with van der Waals surface area (Å²) in [6, 6.07) is 4.49. The minimum absolute atomic E-state index is 0.0833. The van der Waals surface area contributed by atoms with E-state index in [1.54, 1.807) is 12.4 Å². The van der Waals surface area contributed by atoms with E-state index in [2.05, 4.69) is 20.0 Å². The highest BCUT2D eigenvalue weighted by Crippen LogP contribution is 2.33. The molecule has 0 bridgehead atoms. The molecular weight excluding hydrogens is 280 g/mol. The Morgan fingerprint density at radius 2 is 1.95 bits per heavy atom. The van der Waals surface area contributed by atoms with Gasteiger partial charge in [0.05, 0.1) is 13.2 Å². The SMILES string of the molecule is c1cc(-c2noc(C3COCCN3C3CCCC3)n2)ccn1. The largest absolute Gasteiger partial charge is 0.378 e. The number of pyridine rings is 1. The van der Waals surface area contributed by atoms with E-state index in [-0.39, 0.29) is 6.04 Å². The normalized spacial score (nSPS) is 23.9. The molecule has 6 heteroatoms. The lowest BCUT2D eigenvalue weighted by Crippen LogP contribution is -2.44. The second-order valence-electron chi connectivity index (χ2n) is 5.96. The van der Waals surface area contributed by atoms with Gasteiger partial charge in [-0.1, -0.05) is 18.0 Å². The van der Waals surface area contributed by atoms with Gasteiger partial charge in [0.15, 0.2) is 0 Å². The van der Waals surface area contributed by atoms with Gasteiger partial charge in [0.1, 0.15) is 6.04 Å². The van der Waals surface area contributed by atoms with Gasteiger partial charge in [-0.3, -0.25) is 9.88 Å². The van der Waals surface area contributed by atoms with E-state index < -0.39 is 0 Å². The van der Waals surface area contributed by atoms with Crippen molar-refractivity contribution in [1.29, 1.82) is 0 Å². The van der Waals surface area contributed by atoms with Crippen molar-refractivity contribution in [3.05, 3.63) is 30.4 Å². The molecule has 3 heterocycles. The smallest absolute Gasteiger partial charge is 0.246 e. The van der Waals surface area contributed by atoms with Crippen molar-refractivity contribution >= 4 is 0 Å². The first kappa shape index (κ1) is 13.8. The zero-order chi connectivity index (χ0) is 14.8. The minimum Gasteiger partial charge on any atom is -0.378 e. The van der Waals surface area contributed by atoms with E-state index in [0.29, 0.717) is 24.4 Å². The first-order valence-corrected chi connectivity index (χ1v) is 7.99. The molecule has 1 aliphatic carbocycles. The molecule has 0 N–H and O–H groups in total. The van der Waals surface area contributed by atoms with Crippen molar-refractivity contribution in [1.82, 2.24) is 20.0 Å². The quantitative estimate of drug-likeness (QED) is 0.867. The van der Waals surface area contributed by atoms with Crippen LogP contribution in [0.25, 0.3) is 11.4 Å².